The van der Waals surface area contributed by atoms with Crippen LogP contribution in [0.2, 0.25) is 0 Å². The van der Waals surface area contributed by atoms with Gasteiger partial charge in [-0.1, -0.05) is 38.1 Å². The Hall–Kier alpha value is -4.00. The van der Waals surface area contributed by atoms with Crippen molar-refractivity contribution >= 4 is 12.1 Å². The molecule has 0 radical (unpaired) electrons. The van der Waals surface area contributed by atoms with Gasteiger partial charge in [-0.05, 0) is 53.8 Å². The van der Waals surface area contributed by atoms with Crippen LogP contribution in [0.15, 0.2) is 59.7 Å². The number of hydrogen-bond donors (Lipinski definition) is 1. The first-order chi connectivity index (χ1) is 16.9. The van der Waals surface area contributed by atoms with Crippen molar-refractivity contribution in [2.75, 3.05) is 21.3 Å². The van der Waals surface area contributed by atoms with E-state index in [1.54, 1.807) is 45.6 Å². The molecule has 0 unspecified atom stereocenters. The highest BCUT2D eigenvalue weighted by atomic mass is 16.5. The van der Waals surface area contributed by atoms with E-state index in [9.17, 15) is 4.79 Å². The molecule has 0 saturated carbocycles. The molecule has 0 heterocycles. The van der Waals surface area contributed by atoms with E-state index in [2.05, 4.69) is 42.6 Å². The molecule has 3 rings (SSSR count). The topological polar surface area (TPSA) is 78.4 Å². The summed E-state index contributed by atoms with van der Waals surface area (Å²) in [5, 5.41) is 4.06. The number of methoxy groups -OCH3 is 3. The molecule has 0 bridgehead atoms. The smallest absolute Gasteiger partial charge is 0.271 e. The predicted octanol–water partition coefficient (Wildman–Crippen LogP) is 5.49. The van der Waals surface area contributed by atoms with Crippen molar-refractivity contribution in [3.05, 3.63) is 82.4 Å². The van der Waals surface area contributed by atoms with Crippen molar-refractivity contribution < 1.29 is 23.7 Å². The van der Waals surface area contributed by atoms with E-state index in [0.717, 1.165) is 16.9 Å². The number of carbonyl (C=O) groups excluding carboxylic acids is 1. The lowest BCUT2D eigenvalue weighted by Crippen LogP contribution is -2.17. The Labute approximate surface area is 206 Å². The second-order valence-electron chi connectivity index (χ2n) is 8.33. The van der Waals surface area contributed by atoms with Crippen molar-refractivity contribution in [3.8, 4) is 23.0 Å². The number of hydrazone groups is 1. The zero-order valence-corrected chi connectivity index (χ0v) is 21.0. The summed E-state index contributed by atoms with van der Waals surface area (Å²) < 4.78 is 22.1. The summed E-state index contributed by atoms with van der Waals surface area (Å²) in [7, 11) is 4.64. The number of rotatable bonds is 10. The van der Waals surface area contributed by atoms with Crippen LogP contribution in [0.1, 0.15) is 52.4 Å². The van der Waals surface area contributed by atoms with Gasteiger partial charge in [-0.25, -0.2) is 5.43 Å². The maximum Gasteiger partial charge on any atom is 0.271 e. The van der Waals surface area contributed by atoms with E-state index in [4.69, 9.17) is 18.9 Å². The second kappa shape index (κ2) is 11.9. The van der Waals surface area contributed by atoms with E-state index in [-0.39, 0.29) is 5.91 Å². The second-order valence-corrected chi connectivity index (χ2v) is 8.33. The minimum absolute atomic E-state index is 0.325. The van der Waals surface area contributed by atoms with Gasteiger partial charge in [0, 0.05) is 17.2 Å². The molecule has 3 aromatic carbocycles. The maximum absolute atomic E-state index is 12.5. The Morgan fingerprint density at radius 1 is 0.886 bits per heavy atom. The first-order valence-corrected chi connectivity index (χ1v) is 11.3. The molecule has 1 N–H and O–H groups in total. The summed E-state index contributed by atoms with van der Waals surface area (Å²) in [4.78, 5) is 12.5. The summed E-state index contributed by atoms with van der Waals surface area (Å²) in [6.45, 7) is 6.76. The predicted molar refractivity (Wildman–Crippen MR) is 137 cm³/mol. The number of nitrogens with zero attached hydrogens (tertiary/aromatic N) is 1. The van der Waals surface area contributed by atoms with Gasteiger partial charge in [0.05, 0.1) is 27.5 Å². The van der Waals surface area contributed by atoms with Gasteiger partial charge in [0.1, 0.15) is 18.1 Å². The molecule has 0 spiro atoms. The molecule has 7 nitrogen and oxygen atoms in total. The third-order valence-electron chi connectivity index (χ3n) is 5.51. The van der Waals surface area contributed by atoms with E-state index in [1.807, 2.05) is 19.1 Å². The van der Waals surface area contributed by atoms with E-state index in [0.29, 0.717) is 40.9 Å². The minimum atomic E-state index is -0.325. The third kappa shape index (κ3) is 6.53. The molecule has 3 aromatic rings. The largest absolute Gasteiger partial charge is 0.496 e. The SMILES string of the molecule is COc1cc(OC)c(OC)cc1/C=N\NC(=O)c1ccc(COc2cc(C)ccc2C(C)C)cc1. The summed E-state index contributed by atoms with van der Waals surface area (Å²) in [6.07, 6.45) is 1.50. The van der Waals surface area contributed by atoms with Crippen molar-refractivity contribution in [2.45, 2.75) is 33.3 Å². The van der Waals surface area contributed by atoms with E-state index < -0.39 is 0 Å². The lowest BCUT2D eigenvalue weighted by molar-refractivity contribution is 0.0955. The first-order valence-electron chi connectivity index (χ1n) is 11.3. The maximum atomic E-state index is 12.5. The number of hydrogen-bond acceptors (Lipinski definition) is 6. The standard InChI is InChI=1S/C28H32N2O5/c1-18(2)23-12-7-19(3)13-25(23)35-17-20-8-10-21(11-9-20)28(31)30-29-16-22-14-26(33-5)27(34-6)15-24(22)32-4/h7-16,18H,17H2,1-6H3,(H,30,31)/b29-16-. The van der Waals surface area contributed by atoms with Crippen molar-refractivity contribution in [1.82, 2.24) is 5.43 Å². The molecule has 0 aliphatic heterocycles. The molecule has 0 fully saturated rings. The number of carbonyl (C=O) groups is 1. The van der Waals surface area contributed by atoms with Gasteiger partial charge in [0.2, 0.25) is 0 Å². The Bertz CT molecular complexity index is 1190. The van der Waals surface area contributed by atoms with Crippen LogP contribution in [0, 0.1) is 6.92 Å². The summed E-state index contributed by atoms with van der Waals surface area (Å²) in [5.74, 6) is 2.55. The van der Waals surface area contributed by atoms with Gasteiger partial charge >= 0.3 is 0 Å². The summed E-state index contributed by atoms with van der Waals surface area (Å²) >= 11 is 0. The van der Waals surface area contributed by atoms with Crippen LogP contribution < -0.4 is 24.4 Å². The average Bonchev–Trinajstić information content (AvgIpc) is 2.87. The fourth-order valence-corrected chi connectivity index (χ4v) is 3.54. The number of benzene rings is 3. The molecule has 0 aliphatic carbocycles. The molecule has 35 heavy (non-hydrogen) atoms. The molecule has 7 heteroatoms. The quantitative estimate of drug-likeness (QED) is 0.309. The average molecular weight is 477 g/mol. The number of nitrogens with one attached hydrogen (secondary N) is 1. The van der Waals surface area contributed by atoms with Crippen LogP contribution in [0.4, 0.5) is 0 Å². The highest BCUT2D eigenvalue weighted by Crippen LogP contribution is 2.33. The van der Waals surface area contributed by atoms with Gasteiger partial charge in [-0.3, -0.25) is 4.79 Å². The van der Waals surface area contributed by atoms with Gasteiger partial charge in [-0.15, -0.1) is 0 Å². The van der Waals surface area contributed by atoms with Gasteiger partial charge < -0.3 is 18.9 Å². The third-order valence-corrected chi connectivity index (χ3v) is 5.51. The minimum Gasteiger partial charge on any atom is -0.496 e. The van der Waals surface area contributed by atoms with Crippen molar-refractivity contribution in [1.29, 1.82) is 0 Å². The molecule has 0 saturated heterocycles. The fourth-order valence-electron chi connectivity index (χ4n) is 3.54. The van der Waals surface area contributed by atoms with Gasteiger partial charge in [0.15, 0.2) is 11.5 Å². The van der Waals surface area contributed by atoms with E-state index >= 15 is 0 Å². The molecule has 184 valence electrons. The summed E-state index contributed by atoms with van der Waals surface area (Å²) in [5.41, 5.74) is 6.96. The van der Waals surface area contributed by atoms with Gasteiger partial charge in [0.25, 0.3) is 5.91 Å². The van der Waals surface area contributed by atoms with Crippen LogP contribution in [0.5, 0.6) is 23.0 Å². The normalized spacial score (nSPS) is 10.9. The molecule has 0 aliphatic rings. The number of ether oxygens (including phenoxy) is 4. The Balaban J connectivity index is 1.63. The Morgan fingerprint density at radius 2 is 1.54 bits per heavy atom. The Kier molecular flexibility index (Phi) is 8.73. The molecule has 0 aromatic heterocycles. The van der Waals surface area contributed by atoms with Gasteiger partial charge in [-0.2, -0.15) is 5.10 Å². The van der Waals surface area contributed by atoms with Crippen LogP contribution in [0.25, 0.3) is 0 Å². The first kappa shape index (κ1) is 25.6. The molecular weight excluding hydrogens is 444 g/mol. The summed E-state index contributed by atoms with van der Waals surface area (Å²) in [6, 6.07) is 16.9. The Morgan fingerprint density at radius 3 is 2.17 bits per heavy atom. The lowest BCUT2D eigenvalue weighted by atomic mass is 10.0. The molecular formula is C28H32N2O5. The van der Waals surface area contributed by atoms with Crippen LogP contribution in [-0.2, 0) is 6.61 Å². The number of amides is 1. The van der Waals surface area contributed by atoms with Crippen LogP contribution in [-0.4, -0.2) is 33.5 Å². The molecule has 1 amide bonds. The zero-order valence-electron chi connectivity index (χ0n) is 21.0. The number of aryl methyl sites for hydroxylation is 1. The van der Waals surface area contributed by atoms with Crippen molar-refractivity contribution in [3.63, 3.8) is 0 Å². The van der Waals surface area contributed by atoms with E-state index in [1.165, 1.54) is 11.8 Å². The highest BCUT2D eigenvalue weighted by molar-refractivity contribution is 5.95. The van der Waals surface area contributed by atoms with Crippen LogP contribution >= 0.6 is 0 Å². The highest BCUT2D eigenvalue weighted by Gasteiger charge is 2.12. The zero-order chi connectivity index (χ0) is 25.4. The van der Waals surface area contributed by atoms with Crippen molar-refractivity contribution in [2.24, 2.45) is 5.10 Å². The molecule has 0 atom stereocenters. The van der Waals surface area contributed by atoms with Crippen LogP contribution in [0.3, 0.4) is 0 Å². The lowest BCUT2D eigenvalue weighted by Gasteiger charge is -2.15. The monoisotopic (exact) mass is 476 g/mol. The fraction of sp³-hybridized carbons (Fsp3) is 0.286.